The third kappa shape index (κ3) is 3.01. The molecule has 0 saturated carbocycles. The quantitative estimate of drug-likeness (QED) is 0.388. The number of fused-ring (bicyclic) bond motifs is 4. The Hall–Kier alpha value is -3.35. The van der Waals surface area contributed by atoms with Crippen molar-refractivity contribution >= 4 is 33.7 Å². The fourth-order valence-corrected chi connectivity index (χ4v) is 3.16. The van der Waals surface area contributed by atoms with Crippen LogP contribution in [0.25, 0.3) is 27.7 Å². The summed E-state index contributed by atoms with van der Waals surface area (Å²) in [6.07, 6.45) is 1.71. The van der Waals surface area contributed by atoms with Gasteiger partial charge in [0.25, 0.3) is 11.3 Å². The molecule has 0 unspecified atom stereocenters. The Bertz CT molecular complexity index is 1190. The number of aromatic nitrogens is 3. The van der Waals surface area contributed by atoms with E-state index in [4.69, 9.17) is 4.84 Å². The van der Waals surface area contributed by atoms with Gasteiger partial charge >= 0.3 is 5.97 Å². The second kappa shape index (κ2) is 7.11. The first-order chi connectivity index (χ1) is 13.2. The van der Waals surface area contributed by atoms with Crippen LogP contribution in [-0.2, 0) is 9.53 Å². The Morgan fingerprint density at radius 1 is 1.04 bits per heavy atom. The molecule has 2 aromatic carbocycles. The normalized spacial score (nSPS) is 11.3. The molecule has 0 atom stereocenters. The first kappa shape index (κ1) is 17.1. The van der Waals surface area contributed by atoms with Crippen LogP contribution < -0.4 is 10.4 Å². The van der Waals surface area contributed by atoms with Crippen LogP contribution in [0, 0.1) is 0 Å². The van der Waals surface area contributed by atoms with Crippen molar-refractivity contribution < 1.29 is 14.4 Å². The lowest BCUT2D eigenvalue weighted by atomic mass is 10.2. The molecule has 0 saturated heterocycles. The third-order valence-corrected chi connectivity index (χ3v) is 4.50. The number of ether oxygens (including phenoxy) is 1. The largest absolute Gasteiger partial charge is 0.469 e. The molecule has 2 heterocycles. The number of methoxy groups -OCH3 is 1. The Labute approximate surface area is 154 Å². The summed E-state index contributed by atoms with van der Waals surface area (Å²) in [5.41, 5.74) is 2.01. The first-order valence-electron chi connectivity index (χ1n) is 8.82. The Morgan fingerprint density at radius 2 is 1.78 bits per heavy atom. The van der Waals surface area contributed by atoms with Gasteiger partial charge in [-0.3, -0.25) is 9.59 Å². The van der Waals surface area contributed by atoms with E-state index in [1.807, 2.05) is 42.5 Å². The summed E-state index contributed by atoms with van der Waals surface area (Å²) in [7, 11) is 1.38. The minimum Gasteiger partial charge on any atom is -0.469 e. The summed E-state index contributed by atoms with van der Waals surface area (Å²) in [6.45, 7) is 0.397. The van der Waals surface area contributed by atoms with E-state index < -0.39 is 0 Å². The van der Waals surface area contributed by atoms with Gasteiger partial charge in [0.1, 0.15) is 12.1 Å². The fourth-order valence-electron chi connectivity index (χ4n) is 3.16. The molecule has 0 N–H and O–H groups in total. The molecular formula is C20H19N3O4. The molecule has 0 aliphatic rings. The van der Waals surface area contributed by atoms with Gasteiger partial charge in [0.2, 0.25) is 0 Å². The molecule has 0 fully saturated rings. The zero-order valence-corrected chi connectivity index (χ0v) is 14.9. The van der Waals surface area contributed by atoms with E-state index in [-0.39, 0.29) is 11.5 Å². The van der Waals surface area contributed by atoms with Gasteiger partial charge in [-0.2, -0.15) is 0 Å². The van der Waals surface area contributed by atoms with Crippen LogP contribution in [0.15, 0.2) is 53.3 Å². The molecule has 0 bridgehead atoms. The van der Waals surface area contributed by atoms with E-state index in [1.54, 1.807) is 15.2 Å². The van der Waals surface area contributed by atoms with Gasteiger partial charge in [-0.25, -0.2) is 9.38 Å². The third-order valence-electron chi connectivity index (χ3n) is 4.50. The number of para-hydroxylation sites is 3. The Morgan fingerprint density at radius 3 is 2.59 bits per heavy atom. The van der Waals surface area contributed by atoms with Gasteiger partial charge in [-0.05, 0) is 37.1 Å². The van der Waals surface area contributed by atoms with Crippen LogP contribution in [0.5, 0.6) is 0 Å². The molecule has 4 rings (SSSR count). The lowest BCUT2D eigenvalue weighted by Crippen LogP contribution is -2.18. The number of unbranched alkanes of at least 4 members (excludes halogenated alkanes) is 1. The summed E-state index contributed by atoms with van der Waals surface area (Å²) in [5, 5.41) is 0.566. The standard InChI is InChI=1S/C20H19N3O4/c1-26-18(24)12-6-7-13-27-23-17-11-5-4-10-16(17)22-19(25)14-8-2-3-9-15(14)21-20(22)23/h2-5,8-11H,6-7,12-13H2,1H3. The maximum absolute atomic E-state index is 13.0. The van der Waals surface area contributed by atoms with Crippen molar-refractivity contribution in [1.29, 1.82) is 0 Å². The highest BCUT2D eigenvalue weighted by molar-refractivity contribution is 5.85. The van der Waals surface area contributed by atoms with Crippen molar-refractivity contribution in [3.63, 3.8) is 0 Å². The van der Waals surface area contributed by atoms with E-state index in [0.29, 0.717) is 42.5 Å². The Kier molecular flexibility index (Phi) is 4.50. The minimum absolute atomic E-state index is 0.125. The number of hydrogen-bond donors (Lipinski definition) is 0. The predicted octanol–water partition coefficient (Wildman–Crippen LogP) is 2.57. The molecule has 0 amide bonds. The van der Waals surface area contributed by atoms with Crippen molar-refractivity contribution in [3.8, 4) is 0 Å². The van der Waals surface area contributed by atoms with Gasteiger partial charge < -0.3 is 9.57 Å². The summed E-state index contributed by atoms with van der Waals surface area (Å²) >= 11 is 0. The number of carbonyl (C=O) groups is 1. The summed E-state index contributed by atoms with van der Waals surface area (Å²) in [6, 6.07) is 14.8. The lowest BCUT2D eigenvalue weighted by molar-refractivity contribution is -0.140. The number of nitrogens with zero attached hydrogens (tertiary/aromatic N) is 3. The van der Waals surface area contributed by atoms with Crippen LogP contribution in [0.4, 0.5) is 0 Å². The van der Waals surface area contributed by atoms with Gasteiger partial charge in [0.15, 0.2) is 0 Å². The summed E-state index contributed by atoms with van der Waals surface area (Å²) in [5.74, 6) is 0.208. The highest BCUT2D eigenvalue weighted by atomic mass is 16.7. The lowest BCUT2D eigenvalue weighted by Gasteiger charge is -2.08. The number of benzene rings is 2. The second-order valence-corrected chi connectivity index (χ2v) is 6.22. The maximum atomic E-state index is 13.0. The molecule has 4 aromatic rings. The minimum atomic E-state index is -0.230. The zero-order valence-electron chi connectivity index (χ0n) is 14.9. The average Bonchev–Trinajstić information content (AvgIpc) is 3.01. The van der Waals surface area contributed by atoms with E-state index in [0.717, 1.165) is 11.0 Å². The molecule has 0 spiro atoms. The zero-order chi connectivity index (χ0) is 18.8. The molecule has 7 nitrogen and oxygen atoms in total. The number of carbonyl (C=O) groups excluding carboxylic acids is 1. The molecule has 7 heteroatoms. The number of hydrogen-bond acceptors (Lipinski definition) is 5. The molecule has 0 radical (unpaired) electrons. The van der Waals surface area contributed by atoms with Crippen LogP contribution in [0.3, 0.4) is 0 Å². The van der Waals surface area contributed by atoms with Crippen LogP contribution in [0.1, 0.15) is 19.3 Å². The highest BCUT2D eigenvalue weighted by Crippen LogP contribution is 2.19. The molecule has 0 aliphatic heterocycles. The number of imidazole rings is 1. The molecular weight excluding hydrogens is 346 g/mol. The smallest absolute Gasteiger partial charge is 0.305 e. The van der Waals surface area contributed by atoms with Crippen molar-refractivity contribution in [2.24, 2.45) is 0 Å². The SMILES string of the molecule is COC(=O)CCCCOn1c2ccccc2n2c(=O)c3ccccc3nc12. The van der Waals surface area contributed by atoms with E-state index in [2.05, 4.69) is 9.72 Å². The highest BCUT2D eigenvalue weighted by Gasteiger charge is 2.16. The van der Waals surface area contributed by atoms with Crippen molar-refractivity contribution in [2.45, 2.75) is 19.3 Å². The monoisotopic (exact) mass is 365 g/mol. The van der Waals surface area contributed by atoms with Gasteiger partial charge in [0, 0.05) is 6.42 Å². The second-order valence-electron chi connectivity index (χ2n) is 6.22. The maximum Gasteiger partial charge on any atom is 0.305 e. The van der Waals surface area contributed by atoms with Gasteiger partial charge in [0.05, 0.1) is 23.5 Å². The summed E-state index contributed by atoms with van der Waals surface area (Å²) < 4.78 is 7.81. The Balaban J connectivity index is 1.74. The van der Waals surface area contributed by atoms with Gasteiger partial charge in [-0.1, -0.05) is 24.3 Å². The van der Waals surface area contributed by atoms with Crippen LogP contribution in [0.2, 0.25) is 0 Å². The van der Waals surface area contributed by atoms with E-state index >= 15 is 0 Å². The number of esters is 1. The van der Waals surface area contributed by atoms with E-state index in [9.17, 15) is 9.59 Å². The molecule has 138 valence electrons. The molecule has 27 heavy (non-hydrogen) atoms. The van der Waals surface area contributed by atoms with Crippen LogP contribution >= 0.6 is 0 Å². The fraction of sp³-hybridized carbons (Fsp3) is 0.250. The van der Waals surface area contributed by atoms with Crippen LogP contribution in [-0.4, -0.2) is 33.8 Å². The van der Waals surface area contributed by atoms with E-state index in [1.165, 1.54) is 7.11 Å². The number of rotatable bonds is 6. The first-order valence-corrected chi connectivity index (χ1v) is 8.82. The van der Waals surface area contributed by atoms with Gasteiger partial charge in [-0.15, -0.1) is 4.73 Å². The van der Waals surface area contributed by atoms with Crippen molar-refractivity contribution in [1.82, 2.24) is 14.1 Å². The average molecular weight is 365 g/mol. The topological polar surface area (TPSA) is 74.8 Å². The molecule has 0 aliphatic carbocycles. The van der Waals surface area contributed by atoms with Crippen molar-refractivity contribution in [2.75, 3.05) is 13.7 Å². The molecule has 2 aromatic heterocycles. The summed E-state index contributed by atoms with van der Waals surface area (Å²) in [4.78, 5) is 34.8. The van der Waals surface area contributed by atoms with Crippen molar-refractivity contribution in [3.05, 3.63) is 58.9 Å². The predicted molar refractivity (Wildman–Crippen MR) is 102 cm³/mol.